The molecule has 0 radical (unpaired) electrons. The number of pyridine rings is 1. The summed E-state index contributed by atoms with van der Waals surface area (Å²) in [6, 6.07) is 11.0. The highest BCUT2D eigenvalue weighted by atomic mass is 32.2. The monoisotopic (exact) mass is 453 g/mol. The fourth-order valence-corrected chi connectivity index (χ4v) is 6.18. The summed E-state index contributed by atoms with van der Waals surface area (Å²) < 4.78 is 35.2. The van der Waals surface area contributed by atoms with E-state index in [0.29, 0.717) is 24.3 Å². The molecule has 2 atom stereocenters. The molecule has 32 heavy (non-hydrogen) atoms. The Morgan fingerprint density at radius 2 is 2.00 bits per heavy atom. The second kappa shape index (κ2) is 8.31. The molecular weight excluding hydrogens is 426 g/mol. The number of ether oxygens (including phenoxy) is 1. The highest BCUT2D eigenvalue weighted by Crippen LogP contribution is 2.36. The second-order valence-corrected chi connectivity index (χ2v) is 10.1. The van der Waals surface area contributed by atoms with E-state index in [-0.39, 0.29) is 4.90 Å². The van der Waals surface area contributed by atoms with E-state index in [1.54, 1.807) is 49.8 Å². The first-order chi connectivity index (χ1) is 15.5. The van der Waals surface area contributed by atoms with E-state index in [9.17, 15) is 8.42 Å². The first-order valence-corrected chi connectivity index (χ1v) is 12.3. The third-order valence-electron chi connectivity index (χ3n) is 6.31. The number of hydrogen-bond donors (Lipinski definition) is 1. The summed E-state index contributed by atoms with van der Waals surface area (Å²) >= 11 is 0. The zero-order chi connectivity index (χ0) is 22.3. The summed E-state index contributed by atoms with van der Waals surface area (Å²) in [5.74, 6) is 0.926. The first kappa shape index (κ1) is 21.1. The summed E-state index contributed by atoms with van der Waals surface area (Å²) in [6.07, 6.45) is 6.41. The predicted molar refractivity (Wildman–Crippen MR) is 123 cm³/mol. The van der Waals surface area contributed by atoms with Crippen molar-refractivity contribution in [2.45, 2.75) is 43.2 Å². The third kappa shape index (κ3) is 3.50. The van der Waals surface area contributed by atoms with Crippen LogP contribution in [0.4, 0.5) is 0 Å². The molecule has 8 nitrogen and oxygen atoms in total. The van der Waals surface area contributed by atoms with E-state index in [1.807, 2.05) is 13.0 Å². The number of methoxy groups -OCH3 is 1. The SMILES string of the molecule is COCCNC1CCC(n2c(C)nc3cnc4c(ccn4S(=O)(=O)c4ccccc4)c32)C1. The molecule has 1 aliphatic rings. The van der Waals surface area contributed by atoms with Gasteiger partial charge in [0.15, 0.2) is 5.65 Å². The van der Waals surface area contributed by atoms with Crippen LogP contribution in [0.25, 0.3) is 22.1 Å². The van der Waals surface area contributed by atoms with E-state index in [2.05, 4.69) is 14.9 Å². The number of benzene rings is 1. The Morgan fingerprint density at radius 1 is 1.19 bits per heavy atom. The number of hydrogen-bond acceptors (Lipinski definition) is 6. The lowest BCUT2D eigenvalue weighted by molar-refractivity contribution is 0.195. The van der Waals surface area contributed by atoms with Gasteiger partial charge in [0.2, 0.25) is 0 Å². The molecular formula is C23H27N5O3S. The molecule has 3 aromatic heterocycles. The fourth-order valence-electron chi connectivity index (χ4n) is 4.85. The fraction of sp³-hybridized carbons (Fsp3) is 0.391. The number of nitrogens with zero attached hydrogens (tertiary/aromatic N) is 4. The van der Waals surface area contributed by atoms with Gasteiger partial charge in [0.05, 0.1) is 23.2 Å². The molecule has 1 aliphatic carbocycles. The number of aromatic nitrogens is 4. The van der Waals surface area contributed by atoms with Crippen molar-refractivity contribution >= 4 is 32.1 Å². The van der Waals surface area contributed by atoms with Crippen molar-refractivity contribution in [3.05, 3.63) is 54.6 Å². The summed E-state index contributed by atoms with van der Waals surface area (Å²) in [4.78, 5) is 9.47. The quantitative estimate of drug-likeness (QED) is 0.432. The van der Waals surface area contributed by atoms with Crippen molar-refractivity contribution < 1.29 is 13.2 Å². The van der Waals surface area contributed by atoms with Crippen molar-refractivity contribution in [1.82, 2.24) is 23.8 Å². The lowest BCUT2D eigenvalue weighted by Gasteiger charge is -2.17. The largest absolute Gasteiger partial charge is 0.383 e. The minimum Gasteiger partial charge on any atom is -0.383 e. The van der Waals surface area contributed by atoms with Gasteiger partial charge in [-0.25, -0.2) is 22.4 Å². The van der Waals surface area contributed by atoms with Gasteiger partial charge in [-0.2, -0.15) is 0 Å². The number of aryl methyl sites for hydroxylation is 1. The predicted octanol–water partition coefficient (Wildman–Crippen LogP) is 3.26. The molecule has 0 saturated heterocycles. The van der Waals surface area contributed by atoms with Gasteiger partial charge in [0.25, 0.3) is 10.0 Å². The van der Waals surface area contributed by atoms with Gasteiger partial charge >= 0.3 is 0 Å². The van der Waals surface area contributed by atoms with Crippen LogP contribution in [0.1, 0.15) is 31.1 Å². The van der Waals surface area contributed by atoms with Crippen LogP contribution >= 0.6 is 0 Å². The summed E-state index contributed by atoms with van der Waals surface area (Å²) in [6.45, 7) is 3.55. The van der Waals surface area contributed by atoms with Crippen molar-refractivity contribution in [2.75, 3.05) is 20.3 Å². The molecule has 1 aromatic carbocycles. The van der Waals surface area contributed by atoms with E-state index in [0.717, 1.165) is 48.1 Å². The van der Waals surface area contributed by atoms with Gasteiger partial charge in [0.1, 0.15) is 11.3 Å². The Morgan fingerprint density at radius 3 is 2.78 bits per heavy atom. The number of fused-ring (bicyclic) bond motifs is 3. The molecule has 1 saturated carbocycles. The smallest absolute Gasteiger partial charge is 0.269 e. The standard InChI is InChI=1S/C23H27N5O3S/c1-16-26-21-15-25-23-20(10-12-27(23)32(29,30)19-6-4-3-5-7-19)22(21)28(16)18-9-8-17(14-18)24-11-13-31-2/h3-7,10,12,15,17-18,24H,8-9,11,13-14H2,1-2H3. The van der Waals surface area contributed by atoms with Crippen LogP contribution in [-0.4, -0.2) is 53.2 Å². The van der Waals surface area contributed by atoms with Crippen molar-refractivity contribution in [1.29, 1.82) is 0 Å². The van der Waals surface area contributed by atoms with Gasteiger partial charge in [-0.1, -0.05) is 18.2 Å². The number of imidazole rings is 1. The number of nitrogens with one attached hydrogen (secondary N) is 1. The van der Waals surface area contributed by atoms with Gasteiger partial charge in [-0.15, -0.1) is 0 Å². The maximum Gasteiger partial charge on any atom is 0.269 e. The molecule has 1 N–H and O–H groups in total. The van der Waals surface area contributed by atoms with Gasteiger partial charge in [0, 0.05) is 37.3 Å². The maximum absolute atomic E-state index is 13.2. The molecule has 2 unspecified atom stereocenters. The molecule has 0 aliphatic heterocycles. The number of rotatable bonds is 7. The minimum absolute atomic E-state index is 0.241. The second-order valence-electron chi connectivity index (χ2n) is 8.30. The summed E-state index contributed by atoms with van der Waals surface area (Å²) in [5.41, 5.74) is 2.17. The minimum atomic E-state index is -3.73. The van der Waals surface area contributed by atoms with Crippen LogP contribution in [0, 0.1) is 6.92 Å². The highest BCUT2D eigenvalue weighted by Gasteiger charge is 2.29. The van der Waals surface area contributed by atoms with E-state index >= 15 is 0 Å². The molecule has 4 aromatic rings. The molecule has 9 heteroatoms. The van der Waals surface area contributed by atoms with Gasteiger partial charge < -0.3 is 14.6 Å². The third-order valence-corrected chi connectivity index (χ3v) is 7.99. The van der Waals surface area contributed by atoms with Gasteiger partial charge in [-0.05, 0) is 44.4 Å². The van der Waals surface area contributed by atoms with Crippen molar-refractivity contribution in [2.24, 2.45) is 0 Å². The normalized spacial score (nSPS) is 19.3. The van der Waals surface area contributed by atoms with E-state index < -0.39 is 10.0 Å². The highest BCUT2D eigenvalue weighted by molar-refractivity contribution is 7.90. The molecule has 1 fully saturated rings. The van der Waals surface area contributed by atoms with Crippen LogP contribution in [0.5, 0.6) is 0 Å². The topological polar surface area (TPSA) is 91.0 Å². The Bertz CT molecular complexity index is 1360. The molecule has 168 valence electrons. The van der Waals surface area contributed by atoms with E-state index in [4.69, 9.17) is 9.72 Å². The van der Waals surface area contributed by atoms with Gasteiger partial charge in [-0.3, -0.25) is 0 Å². The Kier molecular flexibility index (Phi) is 5.48. The van der Waals surface area contributed by atoms with Crippen molar-refractivity contribution in [3.63, 3.8) is 0 Å². The van der Waals surface area contributed by atoms with Crippen LogP contribution in [-0.2, 0) is 14.8 Å². The Hall–Kier alpha value is -2.75. The molecule has 0 bridgehead atoms. The van der Waals surface area contributed by atoms with E-state index in [1.165, 1.54) is 3.97 Å². The Balaban J connectivity index is 1.57. The zero-order valence-corrected chi connectivity index (χ0v) is 19.0. The summed E-state index contributed by atoms with van der Waals surface area (Å²) in [5, 5.41) is 4.37. The Labute approximate surface area is 187 Å². The van der Waals surface area contributed by atoms with Crippen LogP contribution in [0.3, 0.4) is 0 Å². The first-order valence-electron chi connectivity index (χ1n) is 10.9. The maximum atomic E-state index is 13.2. The zero-order valence-electron chi connectivity index (χ0n) is 18.2. The molecule has 0 amide bonds. The van der Waals surface area contributed by atoms with Crippen LogP contribution in [0.2, 0.25) is 0 Å². The lowest BCUT2D eigenvalue weighted by Crippen LogP contribution is -2.29. The molecule has 0 spiro atoms. The average molecular weight is 454 g/mol. The summed E-state index contributed by atoms with van der Waals surface area (Å²) in [7, 11) is -2.02. The molecule has 3 heterocycles. The van der Waals surface area contributed by atoms with Crippen molar-refractivity contribution in [3.8, 4) is 0 Å². The van der Waals surface area contributed by atoms with Crippen LogP contribution in [0.15, 0.2) is 53.7 Å². The van der Waals surface area contributed by atoms with Crippen LogP contribution < -0.4 is 5.32 Å². The lowest BCUT2D eigenvalue weighted by atomic mass is 10.2. The average Bonchev–Trinajstić information content (AvgIpc) is 3.50. The molecule has 5 rings (SSSR count).